The number of aromatic nitrogens is 2. The third-order valence-corrected chi connectivity index (χ3v) is 3.02. The first kappa shape index (κ1) is 12.0. The Labute approximate surface area is 99.4 Å². The van der Waals surface area contributed by atoms with Crippen molar-refractivity contribution >= 4 is 11.6 Å². The number of hydrogen-bond donors (Lipinski definition) is 4. The molecule has 0 bridgehead atoms. The first-order valence-electron chi connectivity index (χ1n) is 5.50. The molecule has 2 atom stereocenters. The standard InChI is InChI=1S/C10H17N5O2/c1-7-10(16,2-3-17-7)6-13-8-4-12-5-9(14-8)15-11/h4-5,7,16H,2-3,6,11H2,1H3,(H2,13,14,15). The highest BCUT2D eigenvalue weighted by Gasteiger charge is 2.39. The fourth-order valence-electron chi connectivity index (χ4n) is 1.77. The Bertz CT molecular complexity index is 389. The molecule has 1 fully saturated rings. The third-order valence-electron chi connectivity index (χ3n) is 3.02. The zero-order valence-corrected chi connectivity index (χ0v) is 9.68. The summed E-state index contributed by atoms with van der Waals surface area (Å²) in [7, 11) is 0. The first-order chi connectivity index (χ1) is 8.14. The molecule has 17 heavy (non-hydrogen) atoms. The second-order valence-electron chi connectivity index (χ2n) is 4.15. The number of anilines is 2. The molecule has 1 aromatic heterocycles. The van der Waals surface area contributed by atoms with Crippen molar-refractivity contribution in [3.63, 3.8) is 0 Å². The summed E-state index contributed by atoms with van der Waals surface area (Å²) in [6, 6.07) is 0. The molecule has 0 saturated carbocycles. The average molecular weight is 239 g/mol. The number of nitrogens with zero attached hydrogens (tertiary/aromatic N) is 2. The van der Waals surface area contributed by atoms with Crippen LogP contribution in [0, 0.1) is 0 Å². The molecular formula is C10H17N5O2. The van der Waals surface area contributed by atoms with Crippen molar-refractivity contribution in [1.82, 2.24) is 9.97 Å². The minimum Gasteiger partial charge on any atom is -0.385 e. The lowest BCUT2D eigenvalue weighted by atomic mass is 9.97. The number of nitrogens with two attached hydrogens (primary N) is 1. The number of ether oxygens (including phenoxy) is 1. The first-order valence-corrected chi connectivity index (χ1v) is 5.50. The number of hydrazine groups is 1. The predicted molar refractivity (Wildman–Crippen MR) is 63.3 cm³/mol. The Morgan fingerprint density at radius 1 is 1.59 bits per heavy atom. The van der Waals surface area contributed by atoms with E-state index in [0.29, 0.717) is 31.2 Å². The van der Waals surface area contributed by atoms with Crippen molar-refractivity contribution in [3.8, 4) is 0 Å². The van der Waals surface area contributed by atoms with Crippen LogP contribution in [0.5, 0.6) is 0 Å². The van der Waals surface area contributed by atoms with Crippen molar-refractivity contribution in [3.05, 3.63) is 12.4 Å². The van der Waals surface area contributed by atoms with Crippen LogP contribution in [0.2, 0.25) is 0 Å². The molecular weight excluding hydrogens is 222 g/mol. The molecule has 0 amide bonds. The second-order valence-corrected chi connectivity index (χ2v) is 4.15. The third kappa shape index (κ3) is 2.63. The molecule has 1 saturated heterocycles. The fourth-order valence-corrected chi connectivity index (χ4v) is 1.77. The number of nitrogen functional groups attached to an aromatic ring is 1. The summed E-state index contributed by atoms with van der Waals surface area (Å²) in [6.45, 7) is 2.81. The van der Waals surface area contributed by atoms with Gasteiger partial charge in [-0.15, -0.1) is 0 Å². The zero-order chi connectivity index (χ0) is 12.3. The van der Waals surface area contributed by atoms with Gasteiger partial charge in [-0.2, -0.15) is 0 Å². The molecule has 0 radical (unpaired) electrons. The molecule has 0 aliphatic carbocycles. The molecule has 0 spiro atoms. The van der Waals surface area contributed by atoms with E-state index < -0.39 is 5.60 Å². The van der Waals surface area contributed by atoms with E-state index in [-0.39, 0.29) is 6.10 Å². The molecule has 2 rings (SSSR count). The number of aliphatic hydroxyl groups is 1. The highest BCUT2D eigenvalue weighted by atomic mass is 16.5. The topological polar surface area (TPSA) is 105 Å². The molecule has 7 heteroatoms. The van der Waals surface area contributed by atoms with Gasteiger partial charge in [-0.25, -0.2) is 10.8 Å². The summed E-state index contributed by atoms with van der Waals surface area (Å²) in [6.07, 6.45) is 3.52. The van der Waals surface area contributed by atoms with Crippen LogP contribution in [-0.4, -0.2) is 39.9 Å². The minimum absolute atomic E-state index is 0.182. The summed E-state index contributed by atoms with van der Waals surface area (Å²) in [4.78, 5) is 8.11. The lowest BCUT2D eigenvalue weighted by molar-refractivity contribution is -0.0176. The van der Waals surface area contributed by atoms with E-state index in [2.05, 4.69) is 20.7 Å². The van der Waals surface area contributed by atoms with E-state index >= 15 is 0 Å². The van der Waals surface area contributed by atoms with E-state index in [0.717, 1.165) is 0 Å². The monoisotopic (exact) mass is 239 g/mol. The Morgan fingerprint density at radius 2 is 2.35 bits per heavy atom. The van der Waals surface area contributed by atoms with Gasteiger partial charge in [0, 0.05) is 19.6 Å². The van der Waals surface area contributed by atoms with Gasteiger partial charge in [-0.1, -0.05) is 0 Å². The lowest BCUT2D eigenvalue weighted by Crippen LogP contribution is -2.43. The van der Waals surface area contributed by atoms with Gasteiger partial charge >= 0.3 is 0 Å². The highest BCUT2D eigenvalue weighted by molar-refractivity contribution is 5.40. The van der Waals surface area contributed by atoms with Gasteiger partial charge in [0.05, 0.1) is 18.5 Å². The van der Waals surface area contributed by atoms with Crippen molar-refractivity contribution in [2.45, 2.75) is 25.0 Å². The number of rotatable bonds is 4. The summed E-state index contributed by atoms with van der Waals surface area (Å²) >= 11 is 0. The Hall–Kier alpha value is -1.44. The highest BCUT2D eigenvalue weighted by Crippen LogP contribution is 2.25. The van der Waals surface area contributed by atoms with Crippen LogP contribution in [0.25, 0.3) is 0 Å². The fraction of sp³-hybridized carbons (Fsp3) is 0.600. The van der Waals surface area contributed by atoms with Gasteiger partial charge in [0.15, 0.2) is 5.82 Å². The maximum absolute atomic E-state index is 10.3. The van der Waals surface area contributed by atoms with Gasteiger partial charge in [-0.3, -0.25) is 4.98 Å². The summed E-state index contributed by atoms with van der Waals surface area (Å²) in [5.41, 5.74) is 1.56. The number of nitrogens with one attached hydrogen (secondary N) is 2. The SMILES string of the molecule is CC1OCCC1(O)CNc1cncc(NN)n1. The van der Waals surface area contributed by atoms with Gasteiger partial charge in [0.2, 0.25) is 0 Å². The Kier molecular flexibility index (Phi) is 3.41. The number of hydrogen-bond acceptors (Lipinski definition) is 7. The van der Waals surface area contributed by atoms with Gasteiger partial charge < -0.3 is 20.6 Å². The molecule has 2 heterocycles. The lowest BCUT2D eigenvalue weighted by Gasteiger charge is -2.26. The largest absolute Gasteiger partial charge is 0.385 e. The van der Waals surface area contributed by atoms with Gasteiger partial charge in [0.1, 0.15) is 11.4 Å². The Morgan fingerprint density at radius 3 is 3.00 bits per heavy atom. The Balaban J connectivity index is 1.97. The van der Waals surface area contributed by atoms with Crippen molar-refractivity contribution in [2.24, 2.45) is 5.84 Å². The predicted octanol–water partition coefficient (Wildman–Crippen LogP) is -0.286. The molecule has 5 N–H and O–H groups in total. The minimum atomic E-state index is -0.853. The molecule has 1 aliphatic rings. The van der Waals surface area contributed by atoms with E-state index in [9.17, 15) is 5.11 Å². The normalized spacial score (nSPS) is 28.1. The molecule has 1 aromatic rings. The van der Waals surface area contributed by atoms with E-state index in [1.165, 1.54) is 6.20 Å². The van der Waals surface area contributed by atoms with Gasteiger partial charge in [-0.05, 0) is 6.92 Å². The maximum Gasteiger partial charge on any atom is 0.160 e. The average Bonchev–Trinajstić information content (AvgIpc) is 2.68. The van der Waals surface area contributed by atoms with Crippen molar-refractivity contribution < 1.29 is 9.84 Å². The van der Waals surface area contributed by atoms with Crippen molar-refractivity contribution in [1.29, 1.82) is 0 Å². The maximum atomic E-state index is 10.3. The molecule has 7 nitrogen and oxygen atoms in total. The van der Waals surface area contributed by atoms with E-state index in [1.54, 1.807) is 6.20 Å². The summed E-state index contributed by atoms with van der Waals surface area (Å²) in [5, 5.41) is 13.3. The smallest absolute Gasteiger partial charge is 0.160 e. The van der Waals surface area contributed by atoms with Gasteiger partial charge in [0.25, 0.3) is 0 Å². The summed E-state index contributed by atoms with van der Waals surface area (Å²) < 4.78 is 5.34. The molecule has 94 valence electrons. The van der Waals surface area contributed by atoms with E-state index in [1.807, 2.05) is 6.92 Å². The van der Waals surface area contributed by atoms with E-state index in [4.69, 9.17) is 10.6 Å². The van der Waals surface area contributed by atoms with Crippen molar-refractivity contribution in [2.75, 3.05) is 23.9 Å². The zero-order valence-electron chi connectivity index (χ0n) is 9.68. The molecule has 2 unspecified atom stereocenters. The quantitative estimate of drug-likeness (QED) is 0.423. The summed E-state index contributed by atoms with van der Waals surface area (Å²) in [5.74, 6) is 6.27. The van der Waals surface area contributed by atoms with Crippen LogP contribution in [-0.2, 0) is 4.74 Å². The van der Waals surface area contributed by atoms with Crippen LogP contribution in [0.1, 0.15) is 13.3 Å². The van der Waals surface area contributed by atoms with Crippen LogP contribution in [0.4, 0.5) is 11.6 Å². The molecule has 1 aliphatic heterocycles. The molecule has 0 aromatic carbocycles. The van der Waals surface area contributed by atoms with Crippen LogP contribution < -0.4 is 16.6 Å². The second kappa shape index (κ2) is 4.82. The van der Waals surface area contributed by atoms with Crippen LogP contribution in [0.3, 0.4) is 0 Å². The van der Waals surface area contributed by atoms with Crippen LogP contribution >= 0.6 is 0 Å². The van der Waals surface area contributed by atoms with Crippen LogP contribution in [0.15, 0.2) is 12.4 Å².